The van der Waals surface area contributed by atoms with E-state index in [1.807, 2.05) is 66.1 Å². The number of allylic oxidation sites excluding steroid dienone is 8. The fourth-order valence-corrected chi connectivity index (χ4v) is 6.81. The summed E-state index contributed by atoms with van der Waals surface area (Å²) in [6.45, 7) is 7.95. The first-order valence-corrected chi connectivity index (χ1v) is 15.3. The van der Waals surface area contributed by atoms with Gasteiger partial charge in [-0.3, -0.25) is 0 Å². The summed E-state index contributed by atoms with van der Waals surface area (Å²) in [5.41, 5.74) is 8.90. The zero-order valence-electron chi connectivity index (χ0n) is 24.1. The Bertz CT molecular complexity index is 2180. The normalized spacial score (nSPS) is 15.6. The van der Waals surface area contributed by atoms with Crippen molar-refractivity contribution < 1.29 is 0 Å². The number of thiophene rings is 1. The van der Waals surface area contributed by atoms with E-state index in [4.69, 9.17) is 9.97 Å². The van der Waals surface area contributed by atoms with Crippen molar-refractivity contribution >= 4 is 54.4 Å². The average Bonchev–Trinajstić information content (AvgIpc) is 3.44. The predicted octanol–water partition coefficient (Wildman–Crippen LogP) is 11.0. The maximum Gasteiger partial charge on any atom is 0.160 e. The molecule has 4 heteroatoms. The fourth-order valence-electron chi connectivity index (χ4n) is 5.59. The van der Waals surface area contributed by atoms with E-state index >= 15 is 0 Å². The summed E-state index contributed by atoms with van der Waals surface area (Å²) >= 11 is 1.82. The molecule has 0 unspecified atom stereocenters. The second-order valence-electron chi connectivity index (χ2n) is 10.4. The van der Waals surface area contributed by atoms with Crippen LogP contribution in [-0.2, 0) is 0 Å². The van der Waals surface area contributed by atoms with Gasteiger partial charge in [0.1, 0.15) is 0 Å². The second-order valence-corrected chi connectivity index (χ2v) is 11.5. The summed E-state index contributed by atoms with van der Waals surface area (Å²) in [5, 5.41) is 6.00. The summed E-state index contributed by atoms with van der Waals surface area (Å²) in [7, 11) is 0. The lowest BCUT2D eigenvalue weighted by atomic mass is 9.94. The van der Waals surface area contributed by atoms with E-state index in [-0.39, 0.29) is 0 Å². The third-order valence-corrected chi connectivity index (χ3v) is 8.91. The highest BCUT2D eigenvalue weighted by molar-refractivity contribution is 7.26. The van der Waals surface area contributed by atoms with E-state index < -0.39 is 0 Å². The first kappa shape index (κ1) is 27.3. The van der Waals surface area contributed by atoms with Gasteiger partial charge < -0.3 is 5.32 Å². The van der Waals surface area contributed by atoms with Crippen LogP contribution < -0.4 is 5.32 Å². The summed E-state index contributed by atoms with van der Waals surface area (Å²) in [6, 6.07) is 33.8. The SMILES string of the molecule is C=C/C=C(\C=C)c1cc(-c2ccccc2)nc(C2=C/c3c(ccc4c3sc3ccccc34)-c3ccccc3N/C=C/C=C\2)n1. The van der Waals surface area contributed by atoms with Gasteiger partial charge in [0.2, 0.25) is 0 Å². The fraction of sp³-hybridized carbons (Fsp3) is 0. The molecule has 0 radical (unpaired) electrons. The van der Waals surface area contributed by atoms with Crippen molar-refractivity contribution in [3.63, 3.8) is 0 Å². The number of fused-ring (bicyclic) bond motifs is 7. The van der Waals surface area contributed by atoms with Gasteiger partial charge in [0.15, 0.2) is 5.82 Å². The van der Waals surface area contributed by atoms with Gasteiger partial charge in [0.25, 0.3) is 0 Å². The zero-order chi connectivity index (χ0) is 29.9. The molecule has 0 saturated heterocycles. The van der Waals surface area contributed by atoms with Crippen LogP contribution in [0.4, 0.5) is 5.69 Å². The number of nitrogens with zero attached hydrogens (tertiary/aromatic N) is 2. The molecule has 1 aliphatic heterocycles. The third kappa shape index (κ3) is 5.13. The van der Waals surface area contributed by atoms with Crippen LogP contribution in [0.3, 0.4) is 0 Å². The van der Waals surface area contributed by atoms with Gasteiger partial charge in [-0.1, -0.05) is 122 Å². The summed E-state index contributed by atoms with van der Waals surface area (Å²) < 4.78 is 2.49. The molecule has 0 atom stereocenters. The first-order chi connectivity index (χ1) is 21.7. The largest absolute Gasteiger partial charge is 0.361 e. The van der Waals surface area contributed by atoms with E-state index in [1.54, 1.807) is 6.08 Å². The van der Waals surface area contributed by atoms with Crippen molar-refractivity contribution in [1.29, 1.82) is 0 Å². The monoisotopic (exact) mass is 583 g/mol. The topological polar surface area (TPSA) is 37.8 Å². The number of benzene rings is 4. The van der Waals surface area contributed by atoms with Gasteiger partial charge in [-0.15, -0.1) is 11.3 Å². The Hall–Kier alpha value is -5.58. The van der Waals surface area contributed by atoms with Crippen molar-refractivity contribution in [2.24, 2.45) is 0 Å². The molecule has 0 amide bonds. The van der Waals surface area contributed by atoms with Gasteiger partial charge in [-0.2, -0.15) is 0 Å². The highest BCUT2D eigenvalue weighted by Crippen LogP contribution is 2.43. The van der Waals surface area contributed by atoms with Gasteiger partial charge in [-0.05, 0) is 41.5 Å². The van der Waals surface area contributed by atoms with Crippen LogP contribution in [0, 0.1) is 0 Å². The lowest BCUT2D eigenvalue weighted by Crippen LogP contribution is -2.00. The van der Waals surface area contributed by atoms with E-state index in [9.17, 15) is 0 Å². The van der Waals surface area contributed by atoms with Crippen LogP contribution in [0.25, 0.3) is 59.8 Å². The Morgan fingerprint density at radius 2 is 1.59 bits per heavy atom. The number of hydrogen-bond acceptors (Lipinski definition) is 4. The van der Waals surface area contributed by atoms with Gasteiger partial charge in [0, 0.05) is 54.3 Å². The number of nitrogens with one attached hydrogen (secondary N) is 1. The van der Waals surface area contributed by atoms with Crippen LogP contribution >= 0.6 is 11.3 Å². The minimum atomic E-state index is 0.632. The van der Waals surface area contributed by atoms with Crippen LogP contribution in [0.2, 0.25) is 0 Å². The molecule has 3 heterocycles. The Balaban J connectivity index is 1.55. The minimum Gasteiger partial charge on any atom is -0.361 e. The minimum absolute atomic E-state index is 0.632. The number of rotatable bonds is 5. The molecule has 0 aliphatic carbocycles. The first-order valence-electron chi connectivity index (χ1n) is 14.5. The molecule has 1 N–H and O–H groups in total. The highest BCUT2D eigenvalue weighted by Gasteiger charge is 2.18. The average molecular weight is 584 g/mol. The van der Waals surface area contributed by atoms with Crippen LogP contribution in [0.5, 0.6) is 0 Å². The Morgan fingerprint density at radius 1 is 0.773 bits per heavy atom. The maximum atomic E-state index is 5.14. The molecule has 2 aromatic heterocycles. The third-order valence-electron chi connectivity index (χ3n) is 7.69. The number of anilines is 1. The molecule has 0 fully saturated rings. The molecular formula is C40H29N3S. The summed E-state index contributed by atoms with van der Waals surface area (Å²) in [6.07, 6.45) is 15.8. The molecule has 0 bridgehead atoms. The summed E-state index contributed by atoms with van der Waals surface area (Å²) in [5.74, 6) is 0.632. The van der Waals surface area contributed by atoms with Crippen LogP contribution in [0.15, 0.2) is 153 Å². The Labute approximate surface area is 261 Å². The van der Waals surface area contributed by atoms with Gasteiger partial charge in [0.05, 0.1) is 11.4 Å². The lowest BCUT2D eigenvalue weighted by molar-refractivity contribution is 1.11. The maximum absolute atomic E-state index is 5.14. The molecular weight excluding hydrogens is 555 g/mol. The molecule has 0 saturated carbocycles. The van der Waals surface area contributed by atoms with Crippen molar-refractivity contribution in [2.45, 2.75) is 0 Å². The van der Waals surface area contributed by atoms with Crippen LogP contribution in [0.1, 0.15) is 17.1 Å². The molecule has 210 valence electrons. The summed E-state index contributed by atoms with van der Waals surface area (Å²) in [4.78, 5) is 10.2. The van der Waals surface area contributed by atoms with Crippen molar-refractivity contribution in [1.82, 2.24) is 9.97 Å². The van der Waals surface area contributed by atoms with Crippen molar-refractivity contribution in [2.75, 3.05) is 5.32 Å². The zero-order valence-corrected chi connectivity index (χ0v) is 24.9. The van der Waals surface area contributed by atoms with E-state index in [2.05, 4.69) is 103 Å². The second kappa shape index (κ2) is 12.0. The Morgan fingerprint density at radius 3 is 2.45 bits per heavy atom. The number of para-hydroxylation sites is 1. The molecule has 44 heavy (non-hydrogen) atoms. The molecule has 3 nitrogen and oxygen atoms in total. The van der Waals surface area contributed by atoms with Gasteiger partial charge >= 0.3 is 0 Å². The van der Waals surface area contributed by atoms with E-state index in [0.29, 0.717) is 5.82 Å². The number of aromatic nitrogens is 2. The smallest absolute Gasteiger partial charge is 0.160 e. The van der Waals surface area contributed by atoms with E-state index in [0.717, 1.165) is 50.5 Å². The molecule has 7 rings (SSSR count). The number of hydrogen-bond donors (Lipinski definition) is 1. The molecule has 4 aromatic carbocycles. The Kier molecular flexibility index (Phi) is 7.41. The molecule has 0 spiro atoms. The molecule has 1 aliphatic rings. The lowest BCUT2D eigenvalue weighted by Gasteiger charge is -2.14. The van der Waals surface area contributed by atoms with Gasteiger partial charge in [-0.25, -0.2) is 9.97 Å². The van der Waals surface area contributed by atoms with Crippen LogP contribution in [-0.4, -0.2) is 9.97 Å². The van der Waals surface area contributed by atoms with Crippen molar-refractivity contribution in [3.8, 4) is 22.4 Å². The molecule has 6 aromatic rings. The van der Waals surface area contributed by atoms with E-state index in [1.165, 1.54) is 20.2 Å². The van der Waals surface area contributed by atoms with Crippen molar-refractivity contribution in [3.05, 3.63) is 170 Å². The predicted molar refractivity (Wildman–Crippen MR) is 190 cm³/mol. The quantitative estimate of drug-likeness (QED) is 0.205. The standard InChI is InChI=1S/C40H29N3S/c1-3-14-27(4-2)36-26-37(28-15-6-5-7-16-28)43-40(42-36)29-17-12-13-24-41-35-20-10-8-18-31(35)30-22-23-33-32-19-9-11-21-38(32)44-39(33)34(30)25-29/h3-26,41H,1-2H2/b17-12-,24-13+,27-14+,29-25+. The highest BCUT2D eigenvalue weighted by atomic mass is 32.1.